The molecule has 6 nitrogen and oxygen atoms in total. The SMILES string of the molecule is CCc1nnsc1C(=O)N(C)CCCC1CC(c2cccc(F)c2)NN1. The van der Waals surface area contributed by atoms with Crippen molar-refractivity contribution >= 4 is 17.4 Å². The van der Waals surface area contributed by atoms with Gasteiger partial charge in [-0.25, -0.2) is 4.39 Å². The standard InChI is InChI=1S/C18H24FN5OS/c1-3-15-17(26-23-22-15)18(25)24(2)9-5-8-14-11-16(21-20-14)12-6-4-7-13(19)10-12/h4,6-7,10,14,16,20-21H,3,5,8-9,11H2,1-2H3. The number of nitrogens with zero attached hydrogens (tertiary/aromatic N) is 3. The first-order chi connectivity index (χ1) is 12.6. The van der Waals surface area contributed by atoms with Crippen molar-refractivity contribution in [2.24, 2.45) is 0 Å². The molecule has 1 aromatic heterocycles. The second-order valence-electron chi connectivity index (χ2n) is 6.60. The van der Waals surface area contributed by atoms with Gasteiger partial charge in [-0.05, 0) is 54.9 Å². The van der Waals surface area contributed by atoms with E-state index in [1.165, 1.54) is 6.07 Å². The summed E-state index contributed by atoms with van der Waals surface area (Å²) in [7, 11) is 1.82. The number of carbonyl (C=O) groups excluding carboxylic acids is 1. The molecular weight excluding hydrogens is 353 g/mol. The lowest BCUT2D eigenvalue weighted by atomic mass is 9.99. The zero-order valence-corrected chi connectivity index (χ0v) is 15.9. The highest BCUT2D eigenvalue weighted by Gasteiger charge is 2.25. The van der Waals surface area contributed by atoms with E-state index in [9.17, 15) is 9.18 Å². The maximum Gasteiger partial charge on any atom is 0.267 e. The van der Waals surface area contributed by atoms with Gasteiger partial charge < -0.3 is 4.90 Å². The summed E-state index contributed by atoms with van der Waals surface area (Å²) in [5.41, 5.74) is 8.24. The quantitative estimate of drug-likeness (QED) is 0.776. The summed E-state index contributed by atoms with van der Waals surface area (Å²) in [4.78, 5) is 14.9. The van der Waals surface area contributed by atoms with Crippen LogP contribution < -0.4 is 10.9 Å². The van der Waals surface area contributed by atoms with Crippen molar-refractivity contribution in [3.8, 4) is 0 Å². The Morgan fingerprint density at radius 3 is 3.04 bits per heavy atom. The van der Waals surface area contributed by atoms with Gasteiger partial charge in [0, 0.05) is 25.7 Å². The van der Waals surface area contributed by atoms with Crippen LogP contribution in [0.15, 0.2) is 24.3 Å². The van der Waals surface area contributed by atoms with Gasteiger partial charge >= 0.3 is 0 Å². The van der Waals surface area contributed by atoms with Crippen LogP contribution in [0.1, 0.15) is 53.2 Å². The highest BCUT2D eigenvalue weighted by atomic mass is 32.1. The first-order valence-corrected chi connectivity index (χ1v) is 9.69. The van der Waals surface area contributed by atoms with Gasteiger partial charge in [0.2, 0.25) is 0 Å². The fourth-order valence-corrected chi connectivity index (χ4v) is 3.95. The molecule has 0 radical (unpaired) electrons. The molecule has 1 aliphatic heterocycles. The predicted molar refractivity (Wildman–Crippen MR) is 99.3 cm³/mol. The Kier molecular flexibility index (Phi) is 6.29. The molecule has 0 aliphatic carbocycles. The second-order valence-corrected chi connectivity index (χ2v) is 7.35. The fraction of sp³-hybridized carbons (Fsp3) is 0.500. The zero-order chi connectivity index (χ0) is 18.5. The zero-order valence-electron chi connectivity index (χ0n) is 15.0. The third-order valence-electron chi connectivity index (χ3n) is 4.71. The third-order valence-corrected chi connectivity index (χ3v) is 5.47. The van der Waals surface area contributed by atoms with Crippen molar-refractivity contribution < 1.29 is 9.18 Å². The highest BCUT2D eigenvalue weighted by molar-refractivity contribution is 7.07. The Morgan fingerprint density at radius 2 is 2.27 bits per heavy atom. The van der Waals surface area contributed by atoms with Crippen molar-refractivity contribution in [3.63, 3.8) is 0 Å². The average Bonchev–Trinajstić information content (AvgIpc) is 3.30. The molecule has 2 aromatic rings. The van der Waals surface area contributed by atoms with Crippen molar-refractivity contribution in [2.75, 3.05) is 13.6 Å². The van der Waals surface area contributed by atoms with Gasteiger partial charge in [0.1, 0.15) is 10.7 Å². The summed E-state index contributed by atoms with van der Waals surface area (Å²) in [6.07, 6.45) is 3.45. The van der Waals surface area contributed by atoms with Gasteiger partial charge in [-0.15, -0.1) is 5.10 Å². The number of rotatable bonds is 7. The van der Waals surface area contributed by atoms with Crippen molar-refractivity contribution in [1.29, 1.82) is 0 Å². The van der Waals surface area contributed by atoms with Crippen LogP contribution in [0.3, 0.4) is 0 Å². The lowest BCUT2D eigenvalue weighted by Crippen LogP contribution is -2.32. The number of aryl methyl sites for hydroxylation is 1. The van der Waals surface area contributed by atoms with E-state index in [1.807, 2.05) is 20.0 Å². The summed E-state index contributed by atoms with van der Waals surface area (Å²) in [6, 6.07) is 7.13. The maximum atomic E-state index is 13.4. The van der Waals surface area contributed by atoms with Crippen LogP contribution in [0.25, 0.3) is 0 Å². The van der Waals surface area contributed by atoms with Crippen LogP contribution in [0.5, 0.6) is 0 Å². The summed E-state index contributed by atoms with van der Waals surface area (Å²) in [5.74, 6) is -0.219. The smallest absolute Gasteiger partial charge is 0.267 e. The Bertz CT molecular complexity index is 753. The van der Waals surface area contributed by atoms with Crippen LogP contribution in [-0.2, 0) is 6.42 Å². The molecule has 1 aromatic carbocycles. The Morgan fingerprint density at radius 1 is 1.42 bits per heavy atom. The van der Waals surface area contributed by atoms with Crippen molar-refractivity contribution in [3.05, 3.63) is 46.2 Å². The van der Waals surface area contributed by atoms with Crippen molar-refractivity contribution in [1.82, 2.24) is 25.3 Å². The summed E-state index contributed by atoms with van der Waals surface area (Å²) in [6.45, 7) is 2.66. The molecule has 0 spiro atoms. The van der Waals surface area contributed by atoms with Gasteiger partial charge in [0.25, 0.3) is 5.91 Å². The van der Waals surface area contributed by atoms with Crippen LogP contribution in [-0.4, -0.2) is 40.0 Å². The van der Waals surface area contributed by atoms with E-state index >= 15 is 0 Å². The number of hydrogen-bond donors (Lipinski definition) is 2. The van der Waals surface area contributed by atoms with Gasteiger partial charge in [-0.1, -0.05) is 23.5 Å². The van der Waals surface area contributed by atoms with Gasteiger partial charge in [0.15, 0.2) is 0 Å². The number of hydrogen-bond acceptors (Lipinski definition) is 6. The monoisotopic (exact) mass is 377 g/mol. The summed E-state index contributed by atoms with van der Waals surface area (Å²) >= 11 is 1.16. The van der Waals surface area contributed by atoms with E-state index in [0.717, 1.165) is 42.1 Å². The van der Waals surface area contributed by atoms with E-state index in [-0.39, 0.29) is 17.8 Å². The van der Waals surface area contributed by atoms with Gasteiger partial charge in [-0.3, -0.25) is 15.6 Å². The largest absolute Gasteiger partial charge is 0.341 e. The molecule has 1 aliphatic rings. The Hall–Kier alpha value is -1.90. The van der Waals surface area contributed by atoms with Gasteiger partial charge in [-0.2, -0.15) is 0 Å². The molecule has 1 amide bonds. The van der Waals surface area contributed by atoms with Crippen LogP contribution in [0.4, 0.5) is 4.39 Å². The predicted octanol–water partition coefficient (Wildman–Crippen LogP) is 2.70. The number of amides is 1. The summed E-state index contributed by atoms with van der Waals surface area (Å²) in [5, 5.41) is 4.00. The number of halogens is 1. The molecule has 1 fully saturated rings. The average molecular weight is 377 g/mol. The number of benzene rings is 1. The first kappa shape index (κ1) is 18.9. The normalized spacial score (nSPS) is 19.7. The molecule has 140 valence electrons. The number of hydrazine groups is 1. The van der Waals surface area contributed by atoms with E-state index in [1.54, 1.807) is 17.0 Å². The second kappa shape index (κ2) is 8.66. The topological polar surface area (TPSA) is 70.2 Å². The molecule has 8 heteroatoms. The minimum absolute atomic E-state index is 0.00741. The molecule has 0 bridgehead atoms. The number of aromatic nitrogens is 2. The van der Waals surface area contributed by atoms with E-state index in [2.05, 4.69) is 20.4 Å². The minimum Gasteiger partial charge on any atom is -0.341 e. The molecule has 2 heterocycles. The van der Waals surface area contributed by atoms with E-state index < -0.39 is 0 Å². The number of carbonyl (C=O) groups is 1. The van der Waals surface area contributed by atoms with Crippen LogP contribution >= 0.6 is 11.5 Å². The molecule has 1 saturated heterocycles. The molecule has 0 saturated carbocycles. The molecule has 3 rings (SSSR count). The van der Waals surface area contributed by atoms with E-state index in [4.69, 9.17) is 0 Å². The summed E-state index contributed by atoms with van der Waals surface area (Å²) < 4.78 is 17.2. The molecule has 2 atom stereocenters. The highest BCUT2D eigenvalue weighted by Crippen LogP contribution is 2.24. The molecule has 2 unspecified atom stereocenters. The maximum absolute atomic E-state index is 13.4. The van der Waals surface area contributed by atoms with Crippen molar-refractivity contribution in [2.45, 2.75) is 44.7 Å². The fourth-order valence-electron chi connectivity index (χ4n) is 3.21. The Balaban J connectivity index is 1.44. The lowest BCUT2D eigenvalue weighted by Gasteiger charge is -2.17. The third kappa shape index (κ3) is 4.44. The lowest BCUT2D eigenvalue weighted by molar-refractivity contribution is 0.0795. The Labute approximate surface area is 156 Å². The molecular formula is C18H24FN5OS. The molecule has 2 N–H and O–H groups in total. The van der Waals surface area contributed by atoms with Gasteiger partial charge in [0.05, 0.1) is 5.69 Å². The molecule has 26 heavy (non-hydrogen) atoms. The van der Waals surface area contributed by atoms with E-state index in [0.29, 0.717) is 23.9 Å². The number of nitrogens with one attached hydrogen (secondary N) is 2. The minimum atomic E-state index is -0.211. The van der Waals surface area contributed by atoms with Crippen LogP contribution in [0.2, 0.25) is 0 Å². The van der Waals surface area contributed by atoms with Crippen LogP contribution in [0, 0.1) is 5.82 Å². The first-order valence-electron chi connectivity index (χ1n) is 8.91.